The lowest BCUT2D eigenvalue weighted by molar-refractivity contribution is 0.106. The van der Waals surface area contributed by atoms with Gasteiger partial charge in [0.15, 0.2) is 0 Å². The van der Waals surface area contributed by atoms with Crippen LogP contribution in [-0.4, -0.2) is 17.7 Å². The lowest BCUT2D eigenvalue weighted by Gasteiger charge is -2.26. The van der Waals surface area contributed by atoms with Crippen molar-refractivity contribution in [3.8, 4) is 0 Å². The second-order valence-corrected chi connectivity index (χ2v) is 5.45. The number of carbonyl (C=O) groups is 1. The number of amides is 1. The Hall–Kier alpha value is -1.51. The molecular weight excluding hydrogens is 226 g/mol. The van der Waals surface area contributed by atoms with Crippen molar-refractivity contribution in [3.63, 3.8) is 0 Å². The molecule has 0 fully saturated rings. The minimum atomic E-state index is -0.344. The first kappa shape index (κ1) is 14.6. The summed E-state index contributed by atoms with van der Waals surface area (Å²) in [6.07, 6.45) is 1.39. The lowest BCUT2D eigenvalue weighted by atomic mass is 9.95. The summed E-state index contributed by atoms with van der Waals surface area (Å²) in [4.78, 5) is 11.5. The zero-order valence-electron chi connectivity index (χ0n) is 11.7. The fraction of sp³-hybridized carbons (Fsp3) is 0.533. The van der Waals surface area contributed by atoms with E-state index in [-0.39, 0.29) is 17.7 Å². The number of rotatable bonds is 5. The monoisotopic (exact) mass is 249 g/mol. The maximum atomic E-state index is 11.5. The average Bonchev–Trinajstić information content (AvgIpc) is 2.26. The van der Waals surface area contributed by atoms with Gasteiger partial charge in [-0.2, -0.15) is 0 Å². The number of ether oxygens (including phenoxy) is 1. The van der Waals surface area contributed by atoms with Crippen LogP contribution in [0.1, 0.15) is 39.7 Å². The first-order chi connectivity index (χ1) is 8.39. The molecule has 0 radical (unpaired) electrons. The standard InChI is InChI=1S/C15H23NO2/c1-12(2)18-14(17)16-15(3,4)11-10-13-8-6-5-7-9-13/h5-9,12H,10-11H2,1-4H3,(H,16,17). The highest BCUT2D eigenvalue weighted by Crippen LogP contribution is 2.14. The first-order valence-corrected chi connectivity index (χ1v) is 6.42. The number of aryl methyl sites for hydroxylation is 1. The van der Waals surface area contributed by atoms with Crippen LogP contribution >= 0.6 is 0 Å². The number of benzene rings is 1. The molecule has 3 heteroatoms. The molecule has 0 saturated carbocycles. The molecule has 1 amide bonds. The van der Waals surface area contributed by atoms with Crippen LogP contribution in [0.25, 0.3) is 0 Å². The second-order valence-electron chi connectivity index (χ2n) is 5.45. The highest BCUT2D eigenvalue weighted by Gasteiger charge is 2.21. The molecule has 0 atom stereocenters. The molecule has 0 saturated heterocycles. The van der Waals surface area contributed by atoms with Crippen LogP contribution in [0.3, 0.4) is 0 Å². The van der Waals surface area contributed by atoms with Gasteiger partial charge in [0.05, 0.1) is 6.10 Å². The molecule has 0 aliphatic heterocycles. The first-order valence-electron chi connectivity index (χ1n) is 6.42. The maximum Gasteiger partial charge on any atom is 0.407 e. The lowest BCUT2D eigenvalue weighted by Crippen LogP contribution is -2.44. The summed E-state index contributed by atoms with van der Waals surface area (Å²) < 4.78 is 5.09. The zero-order chi connectivity index (χ0) is 13.6. The number of hydrogen-bond donors (Lipinski definition) is 1. The van der Waals surface area contributed by atoms with Gasteiger partial charge in [0.25, 0.3) is 0 Å². The van der Waals surface area contributed by atoms with E-state index < -0.39 is 0 Å². The zero-order valence-corrected chi connectivity index (χ0v) is 11.7. The summed E-state index contributed by atoms with van der Waals surface area (Å²) in [5.74, 6) is 0. The molecule has 1 rings (SSSR count). The summed E-state index contributed by atoms with van der Waals surface area (Å²) in [6, 6.07) is 10.3. The number of hydrogen-bond acceptors (Lipinski definition) is 2. The smallest absolute Gasteiger partial charge is 0.407 e. The van der Waals surface area contributed by atoms with E-state index in [4.69, 9.17) is 4.74 Å². The Kier molecular flexibility index (Phi) is 5.20. The summed E-state index contributed by atoms with van der Waals surface area (Å²) >= 11 is 0. The average molecular weight is 249 g/mol. The van der Waals surface area contributed by atoms with Gasteiger partial charge in [-0.25, -0.2) is 4.79 Å². The quantitative estimate of drug-likeness (QED) is 0.867. The van der Waals surface area contributed by atoms with E-state index in [2.05, 4.69) is 17.4 Å². The van der Waals surface area contributed by atoms with Crippen LogP contribution in [0.15, 0.2) is 30.3 Å². The Balaban J connectivity index is 2.42. The largest absolute Gasteiger partial charge is 0.447 e. The molecule has 1 N–H and O–H groups in total. The van der Waals surface area contributed by atoms with Crippen LogP contribution in [0.2, 0.25) is 0 Å². The van der Waals surface area contributed by atoms with Crippen molar-refractivity contribution in [2.75, 3.05) is 0 Å². The van der Waals surface area contributed by atoms with E-state index in [0.717, 1.165) is 12.8 Å². The molecule has 100 valence electrons. The molecule has 0 bridgehead atoms. The van der Waals surface area contributed by atoms with Gasteiger partial charge in [0.2, 0.25) is 0 Å². The van der Waals surface area contributed by atoms with E-state index in [1.807, 2.05) is 45.9 Å². The molecule has 3 nitrogen and oxygen atoms in total. The van der Waals surface area contributed by atoms with Crippen molar-refractivity contribution >= 4 is 6.09 Å². The van der Waals surface area contributed by atoms with Gasteiger partial charge in [-0.05, 0) is 46.1 Å². The van der Waals surface area contributed by atoms with E-state index in [1.54, 1.807) is 0 Å². The van der Waals surface area contributed by atoms with Crippen LogP contribution in [0.5, 0.6) is 0 Å². The fourth-order valence-corrected chi connectivity index (χ4v) is 1.68. The van der Waals surface area contributed by atoms with Crippen molar-refractivity contribution < 1.29 is 9.53 Å². The van der Waals surface area contributed by atoms with Crippen molar-refractivity contribution in [2.24, 2.45) is 0 Å². The molecule has 0 unspecified atom stereocenters. The Morgan fingerprint density at radius 2 is 1.89 bits per heavy atom. The van der Waals surface area contributed by atoms with Crippen molar-refractivity contribution in [2.45, 2.75) is 52.2 Å². The second kappa shape index (κ2) is 6.43. The molecule has 0 aromatic heterocycles. The minimum Gasteiger partial charge on any atom is -0.447 e. The Morgan fingerprint density at radius 1 is 1.28 bits per heavy atom. The Bertz CT molecular complexity index is 371. The highest BCUT2D eigenvalue weighted by atomic mass is 16.6. The molecule has 18 heavy (non-hydrogen) atoms. The van der Waals surface area contributed by atoms with E-state index in [0.29, 0.717) is 0 Å². The van der Waals surface area contributed by atoms with Gasteiger partial charge in [-0.15, -0.1) is 0 Å². The minimum absolute atomic E-state index is 0.0880. The summed E-state index contributed by atoms with van der Waals surface area (Å²) in [5, 5.41) is 2.90. The summed E-state index contributed by atoms with van der Waals surface area (Å²) in [7, 11) is 0. The van der Waals surface area contributed by atoms with Gasteiger partial charge >= 0.3 is 6.09 Å². The maximum absolute atomic E-state index is 11.5. The van der Waals surface area contributed by atoms with Gasteiger partial charge in [-0.1, -0.05) is 30.3 Å². The predicted molar refractivity (Wildman–Crippen MR) is 73.6 cm³/mol. The van der Waals surface area contributed by atoms with E-state index in [9.17, 15) is 4.79 Å². The summed E-state index contributed by atoms with van der Waals surface area (Å²) in [6.45, 7) is 7.71. The molecule has 0 heterocycles. The molecule has 1 aromatic carbocycles. The fourth-order valence-electron chi connectivity index (χ4n) is 1.68. The Labute approximate surface area is 110 Å². The van der Waals surface area contributed by atoms with Crippen LogP contribution in [0.4, 0.5) is 4.79 Å². The Morgan fingerprint density at radius 3 is 2.44 bits per heavy atom. The molecule has 0 aliphatic rings. The molecule has 1 aromatic rings. The predicted octanol–water partition coefficient (Wildman–Crippen LogP) is 3.53. The number of nitrogens with one attached hydrogen (secondary N) is 1. The van der Waals surface area contributed by atoms with Crippen LogP contribution < -0.4 is 5.32 Å². The third kappa shape index (κ3) is 5.71. The van der Waals surface area contributed by atoms with Crippen LogP contribution in [0, 0.1) is 0 Å². The van der Waals surface area contributed by atoms with Gasteiger partial charge < -0.3 is 10.1 Å². The van der Waals surface area contributed by atoms with Crippen molar-refractivity contribution in [1.82, 2.24) is 5.32 Å². The number of alkyl carbamates (subject to hydrolysis) is 1. The molecule has 0 aliphatic carbocycles. The SMILES string of the molecule is CC(C)OC(=O)NC(C)(C)CCc1ccccc1. The summed E-state index contributed by atoms with van der Waals surface area (Å²) in [5.41, 5.74) is 1.02. The third-order valence-corrected chi connectivity index (χ3v) is 2.66. The topological polar surface area (TPSA) is 38.3 Å². The highest BCUT2D eigenvalue weighted by molar-refractivity contribution is 5.68. The van der Waals surface area contributed by atoms with Crippen molar-refractivity contribution in [3.05, 3.63) is 35.9 Å². The third-order valence-electron chi connectivity index (χ3n) is 2.66. The van der Waals surface area contributed by atoms with Crippen LogP contribution in [-0.2, 0) is 11.2 Å². The molecular formula is C15H23NO2. The molecule has 0 spiro atoms. The van der Waals surface area contributed by atoms with Crippen molar-refractivity contribution in [1.29, 1.82) is 0 Å². The van der Waals surface area contributed by atoms with E-state index >= 15 is 0 Å². The van der Waals surface area contributed by atoms with Gasteiger partial charge in [-0.3, -0.25) is 0 Å². The van der Waals surface area contributed by atoms with E-state index in [1.165, 1.54) is 5.56 Å². The number of carbonyl (C=O) groups excluding carboxylic acids is 1. The normalized spacial score (nSPS) is 11.4. The van der Waals surface area contributed by atoms with Gasteiger partial charge in [0, 0.05) is 5.54 Å². The van der Waals surface area contributed by atoms with Gasteiger partial charge in [0.1, 0.15) is 0 Å².